The molecule has 0 bridgehead atoms. The van der Waals surface area contributed by atoms with Crippen LogP contribution in [0.4, 0.5) is 11.4 Å². The average Bonchev–Trinajstić information content (AvgIpc) is 2.50. The number of anilines is 2. The summed E-state index contributed by atoms with van der Waals surface area (Å²) >= 11 is 3.57. The topological polar surface area (TPSA) is 34.1 Å². The summed E-state index contributed by atoms with van der Waals surface area (Å²) in [5.41, 5.74) is 3.98. The lowest BCUT2D eigenvalue weighted by Gasteiger charge is -2.13. The van der Waals surface area contributed by atoms with Crippen molar-refractivity contribution < 1.29 is 4.74 Å². The van der Waals surface area contributed by atoms with Crippen LogP contribution in [0.2, 0.25) is 0 Å². The van der Waals surface area contributed by atoms with E-state index in [1.807, 2.05) is 56.3 Å². The maximum atomic E-state index is 5.61. The molecule has 2 aromatic carbocycles. The number of fused-ring (bicyclic) bond motifs is 1. The first-order valence-electron chi connectivity index (χ1n) is 7.23. The third-order valence-electron chi connectivity index (χ3n) is 3.36. The maximum absolute atomic E-state index is 5.61. The van der Waals surface area contributed by atoms with Crippen molar-refractivity contribution in [3.8, 4) is 5.75 Å². The van der Waals surface area contributed by atoms with Crippen molar-refractivity contribution in [1.82, 2.24) is 4.98 Å². The Hall–Kier alpha value is -2.07. The molecule has 0 radical (unpaired) electrons. The molecule has 0 amide bonds. The van der Waals surface area contributed by atoms with Gasteiger partial charge in [-0.1, -0.05) is 12.1 Å². The fourth-order valence-corrected chi connectivity index (χ4v) is 2.79. The van der Waals surface area contributed by atoms with Gasteiger partial charge in [0, 0.05) is 21.2 Å². The normalized spacial score (nSPS) is 10.7. The van der Waals surface area contributed by atoms with E-state index in [4.69, 9.17) is 4.74 Å². The summed E-state index contributed by atoms with van der Waals surface area (Å²) in [7, 11) is 0. The Balaban J connectivity index is 2.10. The Morgan fingerprint density at radius 1 is 1.09 bits per heavy atom. The number of hydrogen-bond acceptors (Lipinski definition) is 3. The smallest absolute Gasteiger partial charge is 0.120 e. The van der Waals surface area contributed by atoms with Crippen LogP contribution in [0, 0.1) is 6.92 Å². The van der Waals surface area contributed by atoms with Crippen molar-refractivity contribution in [3.63, 3.8) is 0 Å². The molecule has 22 heavy (non-hydrogen) atoms. The summed E-state index contributed by atoms with van der Waals surface area (Å²) in [6.45, 7) is 4.64. The lowest BCUT2D eigenvalue weighted by atomic mass is 10.1. The van der Waals surface area contributed by atoms with Gasteiger partial charge < -0.3 is 10.1 Å². The number of benzene rings is 2. The van der Waals surface area contributed by atoms with Crippen LogP contribution in [0.3, 0.4) is 0 Å². The second-order valence-corrected chi connectivity index (χ2v) is 5.88. The first-order valence-corrected chi connectivity index (χ1v) is 8.02. The zero-order valence-corrected chi connectivity index (χ0v) is 14.1. The highest BCUT2D eigenvalue weighted by atomic mass is 79.9. The summed E-state index contributed by atoms with van der Waals surface area (Å²) < 4.78 is 6.63. The van der Waals surface area contributed by atoms with E-state index in [1.54, 1.807) is 0 Å². The molecule has 0 aliphatic carbocycles. The summed E-state index contributed by atoms with van der Waals surface area (Å²) in [5.74, 6) is 0.857. The Labute approximate surface area is 138 Å². The molecule has 112 valence electrons. The molecule has 0 spiro atoms. The quantitative estimate of drug-likeness (QED) is 0.674. The van der Waals surface area contributed by atoms with Crippen molar-refractivity contribution in [1.29, 1.82) is 0 Å². The number of pyridine rings is 1. The highest BCUT2D eigenvalue weighted by molar-refractivity contribution is 9.10. The minimum absolute atomic E-state index is 0.651. The molecule has 0 saturated carbocycles. The Kier molecular flexibility index (Phi) is 4.29. The van der Waals surface area contributed by atoms with Crippen LogP contribution >= 0.6 is 15.9 Å². The van der Waals surface area contributed by atoms with Crippen LogP contribution < -0.4 is 10.1 Å². The SMILES string of the molecule is CCOc1ccc2nc(C)cc(Nc3ccccc3Br)c2c1. The van der Waals surface area contributed by atoms with Gasteiger partial charge in [-0.2, -0.15) is 0 Å². The van der Waals surface area contributed by atoms with Gasteiger partial charge in [0.1, 0.15) is 5.75 Å². The molecule has 0 unspecified atom stereocenters. The van der Waals surface area contributed by atoms with Crippen molar-refractivity contribution in [2.75, 3.05) is 11.9 Å². The summed E-state index contributed by atoms with van der Waals surface area (Å²) in [5, 5.41) is 4.53. The highest BCUT2D eigenvalue weighted by Crippen LogP contribution is 2.32. The largest absolute Gasteiger partial charge is 0.494 e. The summed E-state index contributed by atoms with van der Waals surface area (Å²) in [4.78, 5) is 4.59. The molecule has 1 heterocycles. The number of ether oxygens (including phenoxy) is 1. The lowest BCUT2D eigenvalue weighted by Crippen LogP contribution is -1.97. The lowest BCUT2D eigenvalue weighted by molar-refractivity contribution is 0.340. The van der Waals surface area contributed by atoms with Gasteiger partial charge in [-0.05, 0) is 66.2 Å². The van der Waals surface area contributed by atoms with Gasteiger partial charge in [0.2, 0.25) is 0 Å². The van der Waals surface area contributed by atoms with E-state index < -0.39 is 0 Å². The van der Waals surface area contributed by atoms with E-state index in [1.165, 1.54) is 0 Å². The van der Waals surface area contributed by atoms with Crippen LogP contribution in [0.1, 0.15) is 12.6 Å². The third-order valence-corrected chi connectivity index (χ3v) is 4.05. The van der Waals surface area contributed by atoms with E-state index in [2.05, 4.69) is 32.3 Å². The molecule has 0 saturated heterocycles. The number of aryl methyl sites for hydroxylation is 1. The Morgan fingerprint density at radius 3 is 2.68 bits per heavy atom. The van der Waals surface area contributed by atoms with E-state index in [0.717, 1.165) is 38.2 Å². The second kappa shape index (κ2) is 6.36. The maximum Gasteiger partial charge on any atom is 0.120 e. The number of hydrogen-bond donors (Lipinski definition) is 1. The van der Waals surface area contributed by atoms with Crippen molar-refractivity contribution >= 4 is 38.2 Å². The molecular formula is C18H17BrN2O. The predicted molar refractivity (Wildman–Crippen MR) is 95.1 cm³/mol. The van der Waals surface area contributed by atoms with E-state index in [0.29, 0.717) is 6.61 Å². The number of para-hydroxylation sites is 1. The monoisotopic (exact) mass is 356 g/mol. The molecular weight excluding hydrogens is 340 g/mol. The van der Waals surface area contributed by atoms with Crippen LogP contribution in [-0.4, -0.2) is 11.6 Å². The first kappa shape index (κ1) is 14.9. The Morgan fingerprint density at radius 2 is 1.91 bits per heavy atom. The van der Waals surface area contributed by atoms with Crippen molar-refractivity contribution in [2.24, 2.45) is 0 Å². The molecule has 0 atom stereocenters. The molecule has 1 N–H and O–H groups in total. The zero-order valence-electron chi connectivity index (χ0n) is 12.6. The Bertz CT molecular complexity index is 817. The van der Waals surface area contributed by atoms with E-state index in [-0.39, 0.29) is 0 Å². The molecule has 0 aliphatic rings. The summed E-state index contributed by atoms with van der Waals surface area (Å²) in [6, 6.07) is 16.1. The van der Waals surface area contributed by atoms with Crippen LogP contribution in [0.5, 0.6) is 5.75 Å². The van der Waals surface area contributed by atoms with Crippen molar-refractivity contribution in [3.05, 3.63) is 58.7 Å². The van der Waals surface area contributed by atoms with E-state index >= 15 is 0 Å². The standard InChI is InChI=1S/C18H17BrN2O/c1-3-22-13-8-9-16-14(11-13)18(10-12(2)20-16)21-17-7-5-4-6-15(17)19/h4-11H,3H2,1-2H3,(H,20,21). The molecule has 4 heteroatoms. The van der Waals surface area contributed by atoms with Gasteiger partial charge in [0.05, 0.1) is 17.8 Å². The predicted octanol–water partition coefficient (Wildman–Crippen LogP) is 5.45. The molecule has 3 aromatic rings. The zero-order chi connectivity index (χ0) is 15.5. The van der Waals surface area contributed by atoms with Gasteiger partial charge in [-0.15, -0.1) is 0 Å². The van der Waals surface area contributed by atoms with Gasteiger partial charge in [0.15, 0.2) is 0 Å². The summed E-state index contributed by atoms with van der Waals surface area (Å²) in [6.07, 6.45) is 0. The molecule has 3 rings (SSSR count). The van der Waals surface area contributed by atoms with Gasteiger partial charge in [-0.3, -0.25) is 4.98 Å². The average molecular weight is 357 g/mol. The van der Waals surface area contributed by atoms with Crippen LogP contribution in [0.25, 0.3) is 10.9 Å². The number of nitrogens with zero attached hydrogens (tertiary/aromatic N) is 1. The molecule has 0 fully saturated rings. The van der Waals surface area contributed by atoms with Crippen LogP contribution in [0.15, 0.2) is 53.0 Å². The number of aromatic nitrogens is 1. The molecule has 1 aromatic heterocycles. The molecule has 0 aliphatic heterocycles. The number of rotatable bonds is 4. The van der Waals surface area contributed by atoms with Gasteiger partial charge in [0.25, 0.3) is 0 Å². The van der Waals surface area contributed by atoms with E-state index in [9.17, 15) is 0 Å². The fourth-order valence-electron chi connectivity index (χ4n) is 2.40. The third kappa shape index (κ3) is 3.07. The minimum Gasteiger partial charge on any atom is -0.494 e. The van der Waals surface area contributed by atoms with Crippen LogP contribution in [-0.2, 0) is 0 Å². The van der Waals surface area contributed by atoms with Crippen molar-refractivity contribution in [2.45, 2.75) is 13.8 Å². The second-order valence-electron chi connectivity index (χ2n) is 5.03. The first-order chi connectivity index (χ1) is 10.7. The fraction of sp³-hybridized carbons (Fsp3) is 0.167. The number of nitrogens with one attached hydrogen (secondary N) is 1. The highest BCUT2D eigenvalue weighted by Gasteiger charge is 2.07. The number of halogens is 1. The minimum atomic E-state index is 0.651. The molecule has 3 nitrogen and oxygen atoms in total. The van der Waals surface area contributed by atoms with Gasteiger partial charge in [-0.25, -0.2) is 0 Å². The van der Waals surface area contributed by atoms with Gasteiger partial charge >= 0.3 is 0 Å².